The molecule has 3 heterocycles. The SMILES string of the molecule is O=C1S/C(=C\c2ccc3c(cnn3Cc3ccc(Cl)cc3C(F)(F)F)c2)C(=O)N1Cc1ccccn1. The van der Waals surface area contributed by atoms with Crippen LogP contribution in [0.25, 0.3) is 17.0 Å². The lowest BCUT2D eigenvalue weighted by molar-refractivity contribution is -0.138. The molecule has 0 saturated carbocycles. The fourth-order valence-electron chi connectivity index (χ4n) is 3.87. The van der Waals surface area contributed by atoms with Gasteiger partial charge in [0.1, 0.15) is 0 Å². The topological polar surface area (TPSA) is 68.1 Å². The first-order chi connectivity index (χ1) is 17.2. The number of thioether (sulfide) groups is 1. The van der Waals surface area contributed by atoms with Crippen molar-refractivity contribution in [2.45, 2.75) is 19.3 Å². The molecular formula is C25H16ClF3N4O2S. The van der Waals surface area contributed by atoms with Crippen LogP contribution < -0.4 is 0 Å². The lowest BCUT2D eigenvalue weighted by Gasteiger charge is -2.14. The predicted octanol–water partition coefficient (Wildman–Crippen LogP) is 6.39. The minimum absolute atomic E-state index is 0.00508. The number of halogens is 4. The van der Waals surface area contributed by atoms with E-state index in [4.69, 9.17) is 11.6 Å². The monoisotopic (exact) mass is 528 g/mol. The van der Waals surface area contributed by atoms with Crippen molar-refractivity contribution in [3.8, 4) is 0 Å². The van der Waals surface area contributed by atoms with E-state index in [1.165, 1.54) is 16.8 Å². The molecule has 5 rings (SSSR count). The van der Waals surface area contributed by atoms with Gasteiger partial charge in [-0.3, -0.25) is 24.2 Å². The van der Waals surface area contributed by atoms with Gasteiger partial charge >= 0.3 is 6.18 Å². The Balaban J connectivity index is 1.39. The van der Waals surface area contributed by atoms with Gasteiger partial charge in [-0.15, -0.1) is 0 Å². The number of carbonyl (C=O) groups is 2. The number of benzene rings is 2. The number of hydrogen-bond donors (Lipinski definition) is 0. The fraction of sp³-hybridized carbons (Fsp3) is 0.120. The Bertz CT molecular complexity index is 1520. The summed E-state index contributed by atoms with van der Waals surface area (Å²) >= 11 is 6.62. The number of nitrogens with zero attached hydrogens (tertiary/aromatic N) is 4. The number of rotatable bonds is 5. The third-order valence-corrected chi connectivity index (χ3v) is 6.72. The summed E-state index contributed by atoms with van der Waals surface area (Å²) in [4.78, 5) is 30.8. The average Bonchev–Trinajstić information content (AvgIpc) is 3.35. The van der Waals surface area contributed by atoms with E-state index in [0.717, 1.165) is 22.7 Å². The first-order valence-electron chi connectivity index (χ1n) is 10.7. The second-order valence-corrected chi connectivity index (χ2v) is 9.44. The molecule has 6 nitrogen and oxygen atoms in total. The highest BCUT2D eigenvalue weighted by Gasteiger charge is 2.35. The molecule has 182 valence electrons. The van der Waals surface area contributed by atoms with E-state index in [1.54, 1.807) is 54.9 Å². The van der Waals surface area contributed by atoms with Crippen molar-refractivity contribution in [3.63, 3.8) is 0 Å². The smallest absolute Gasteiger partial charge is 0.268 e. The minimum Gasteiger partial charge on any atom is -0.268 e. The number of amides is 2. The molecule has 2 aromatic carbocycles. The van der Waals surface area contributed by atoms with Crippen molar-refractivity contribution in [1.29, 1.82) is 0 Å². The van der Waals surface area contributed by atoms with Crippen LogP contribution in [0.4, 0.5) is 18.0 Å². The quantitative estimate of drug-likeness (QED) is 0.281. The molecule has 2 aromatic heterocycles. The summed E-state index contributed by atoms with van der Waals surface area (Å²) in [5.41, 5.74) is 1.12. The van der Waals surface area contributed by atoms with Gasteiger partial charge in [-0.2, -0.15) is 18.3 Å². The van der Waals surface area contributed by atoms with Crippen LogP contribution >= 0.6 is 23.4 Å². The van der Waals surface area contributed by atoms with Crippen LogP contribution in [0.2, 0.25) is 5.02 Å². The third kappa shape index (κ3) is 4.87. The number of imide groups is 1. The number of pyridine rings is 1. The maximum atomic E-state index is 13.5. The van der Waals surface area contributed by atoms with Gasteiger partial charge in [-0.05, 0) is 65.4 Å². The zero-order chi connectivity index (χ0) is 25.4. The molecule has 2 amide bonds. The number of carbonyl (C=O) groups excluding carboxylic acids is 2. The van der Waals surface area contributed by atoms with E-state index in [1.807, 2.05) is 0 Å². The van der Waals surface area contributed by atoms with Gasteiger partial charge in [0.15, 0.2) is 0 Å². The van der Waals surface area contributed by atoms with Crippen LogP contribution in [-0.4, -0.2) is 30.8 Å². The van der Waals surface area contributed by atoms with Gasteiger partial charge in [-0.25, -0.2) is 0 Å². The molecule has 1 aliphatic heterocycles. The Hall–Kier alpha value is -3.63. The standard InChI is InChI=1S/C25H16ClF3N4O2S/c26-18-6-5-16(20(11-18)25(27,28)29)13-33-21-7-4-15(9-17(21)12-31-33)10-22-23(34)32(24(35)36-22)14-19-3-1-2-8-30-19/h1-12H,13-14H2/b22-10-. The van der Waals surface area contributed by atoms with Crippen molar-refractivity contribution in [2.75, 3.05) is 0 Å². The van der Waals surface area contributed by atoms with Gasteiger partial charge in [0.2, 0.25) is 0 Å². The number of fused-ring (bicyclic) bond motifs is 1. The summed E-state index contributed by atoms with van der Waals surface area (Å²) in [6, 6.07) is 14.1. The van der Waals surface area contributed by atoms with E-state index in [9.17, 15) is 22.8 Å². The molecule has 36 heavy (non-hydrogen) atoms. The highest BCUT2D eigenvalue weighted by molar-refractivity contribution is 8.18. The Labute approximate surface area is 212 Å². The first kappa shape index (κ1) is 24.1. The Kier molecular flexibility index (Phi) is 6.31. The van der Waals surface area contributed by atoms with E-state index in [0.29, 0.717) is 22.2 Å². The third-order valence-electron chi connectivity index (χ3n) is 5.58. The van der Waals surface area contributed by atoms with Crippen LogP contribution in [0.5, 0.6) is 0 Å². The van der Waals surface area contributed by atoms with Crippen molar-refractivity contribution in [1.82, 2.24) is 19.7 Å². The van der Waals surface area contributed by atoms with E-state index in [-0.39, 0.29) is 33.8 Å². The second kappa shape index (κ2) is 9.44. The van der Waals surface area contributed by atoms with Crippen molar-refractivity contribution in [2.24, 2.45) is 0 Å². The zero-order valence-electron chi connectivity index (χ0n) is 18.4. The molecule has 0 unspecified atom stereocenters. The lowest BCUT2D eigenvalue weighted by Crippen LogP contribution is -2.27. The van der Waals surface area contributed by atoms with Gasteiger partial charge in [-0.1, -0.05) is 29.8 Å². The number of hydrogen-bond acceptors (Lipinski definition) is 5. The van der Waals surface area contributed by atoms with Gasteiger partial charge in [0.05, 0.1) is 41.0 Å². The second-order valence-electron chi connectivity index (χ2n) is 8.01. The molecule has 11 heteroatoms. The summed E-state index contributed by atoms with van der Waals surface area (Å²) in [5.74, 6) is -0.408. The molecule has 1 aliphatic rings. The maximum absolute atomic E-state index is 13.5. The normalized spacial score (nSPS) is 15.4. The summed E-state index contributed by atoms with van der Waals surface area (Å²) in [6.07, 6.45) is 0.205. The predicted molar refractivity (Wildman–Crippen MR) is 131 cm³/mol. The summed E-state index contributed by atoms with van der Waals surface area (Å²) in [6.45, 7) is -0.0134. The molecule has 0 aliphatic carbocycles. The summed E-state index contributed by atoms with van der Waals surface area (Å²) in [5, 5.41) is 4.55. The molecule has 4 aromatic rings. The van der Waals surface area contributed by atoms with Crippen LogP contribution in [0, 0.1) is 0 Å². The highest BCUT2D eigenvalue weighted by atomic mass is 35.5. The zero-order valence-corrected chi connectivity index (χ0v) is 19.9. The molecule has 0 atom stereocenters. The highest BCUT2D eigenvalue weighted by Crippen LogP contribution is 2.35. The molecule has 0 radical (unpaired) electrons. The van der Waals surface area contributed by atoms with E-state index in [2.05, 4.69) is 10.1 Å². The largest absolute Gasteiger partial charge is 0.416 e. The Morgan fingerprint density at radius 1 is 1.03 bits per heavy atom. The minimum atomic E-state index is -4.55. The summed E-state index contributed by atoms with van der Waals surface area (Å²) in [7, 11) is 0. The van der Waals surface area contributed by atoms with Crippen LogP contribution in [0.3, 0.4) is 0 Å². The van der Waals surface area contributed by atoms with Crippen LogP contribution in [0.1, 0.15) is 22.4 Å². The Morgan fingerprint density at radius 3 is 2.61 bits per heavy atom. The summed E-state index contributed by atoms with van der Waals surface area (Å²) < 4.78 is 41.9. The molecule has 0 bridgehead atoms. The maximum Gasteiger partial charge on any atom is 0.416 e. The van der Waals surface area contributed by atoms with Gasteiger partial charge in [0, 0.05) is 16.6 Å². The van der Waals surface area contributed by atoms with Crippen molar-refractivity contribution < 1.29 is 22.8 Å². The van der Waals surface area contributed by atoms with Crippen LogP contribution in [0.15, 0.2) is 71.9 Å². The fourth-order valence-corrected chi connectivity index (χ4v) is 4.88. The Morgan fingerprint density at radius 2 is 1.86 bits per heavy atom. The van der Waals surface area contributed by atoms with Crippen LogP contribution in [-0.2, 0) is 24.1 Å². The molecule has 0 spiro atoms. The molecule has 1 fully saturated rings. The number of alkyl halides is 3. The van der Waals surface area contributed by atoms with E-state index < -0.39 is 17.6 Å². The number of aromatic nitrogens is 3. The molecule has 1 saturated heterocycles. The average molecular weight is 529 g/mol. The van der Waals surface area contributed by atoms with Gasteiger partial charge in [0.25, 0.3) is 11.1 Å². The lowest BCUT2D eigenvalue weighted by atomic mass is 10.1. The molecule has 0 N–H and O–H groups in total. The van der Waals surface area contributed by atoms with Crippen molar-refractivity contribution in [3.05, 3.63) is 99.3 Å². The van der Waals surface area contributed by atoms with E-state index >= 15 is 0 Å². The molecular weight excluding hydrogens is 513 g/mol. The van der Waals surface area contributed by atoms with Crippen molar-refractivity contribution >= 4 is 51.5 Å². The van der Waals surface area contributed by atoms with Gasteiger partial charge < -0.3 is 0 Å². The first-order valence-corrected chi connectivity index (χ1v) is 11.8.